The predicted octanol–water partition coefficient (Wildman–Crippen LogP) is 15.2. The molecule has 0 atom stereocenters. The van der Waals surface area contributed by atoms with Crippen molar-refractivity contribution < 1.29 is 0 Å². The second-order valence-corrected chi connectivity index (χ2v) is 14.4. The van der Waals surface area contributed by atoms with Crippen LogP contribution in [-0.4, -0.2) is 0 Å². The van der Waals surface area contributed by atoms with Gasteiger partial charge in [0.05, 0.1) is 0 Å². The van der Waals surface area contributed by atoms with Crippen LogP contribution < -0.4 is 0 Å². The first-order valence-corrected chi connectivity index (χ1v) is 19.6. The third kappa shape index (κ3) is 10.1. The Labute approximate surface area is 281 Å². The SMILES string of the molecule is CCCCCCCCCCCCc1ccc2c(ccc3cc4c(ccc5cc(CCCCCCCCCCCC)ccc54)cc32)c1. The Hall–Kier alpha value is -2.86. The molecule has 0 nitrogen and oxygen atoms in total. The zero-order valence-corrected chi connectivity index (χ0v) is 29.5. The summed E-state index contributed by atoms with van der Waals surface area (Å²) >= 11 is 0. The Kier molecular flexibility index (Phi) is 14.3. The molecule has 0 aromatic heterocycles. The van der Waals surface area contributed by atoms with Crippen LogP contribution in [0.3, 0.4) is 0 Å². The van der Waals surface area contributed by atoms with Crippen LogP contribution in [0.15, 0.2) is 72.8 Å². The molecule has 0 heteroatoms. The van der Waals surface area contributed by atoms with E-state index in [4.69, 9.17) is 0 Å². The number of benzene rings is 5. The zero-order chi connectivity index (χ0) is 31.8. The first-order chi connectivity index (χ1) is 22.8. The van der Waals surface area contributed by atoms with Crippen LogP contribution in [0.5, 0.6) is 0 Å². The van der Waals surface area contributed by atoms with Gasteiger partial charge in [-0.2, -0.15) is 0 Å². The highest BCUT2D eigenvalue weighted by atomic mass is 14.1. The Balaban J connectivity index is 1.14. The molecule has 0 saturated carbocycles. The monoisotopic (exact) mass is 614 g/mol. The van der Waals surface area contributed by atoms with Crippen LogP contribution in [0.4, 0.5) is 0 Å². The second kappa shape index (κ2) is 19.1. The Morgan fingerprint density at radius 2 is 0.587 bits per heavy atom. The van der Waals surface area contributed by atoms with Gasteiger partial charge in [-0.05, 0) is 92.0 Å². The summed E-state index contributed by atoms with van der Waals surface area (Å²) in [4.78, 5) is 0. The minimum Gasteiger partial charge on any atom is -0.0654 e. The molecule has 246 valence electrons. The summed E-state index contributed by atoms with van der Waals surface area (Å²) in [7, 11) is 0. The number of hydrogen-bond acceptors (Lipinski definition) is 0. The summed E-state index contributed by atoms with van der Waals surface area (Å²) in [6.45, 7) is 4.60. The smallest absolute Gasteiger partial charge is 0.00990 e. The first kappa shape index (κ1) is 34.5. The summed E-state index contributed by atoms with van der Waals surface area (Å²) in [5, 5.41) is 11.0. The molecule has 0 saturated heterocycles. The fraction of sp³-hybridized carbons (Fsp3) is 0.522. The summed E-state index contributed by atoms with van der Waals surface area (Å²) in [6.07, 6.45) is 30.4. The average molecular weight is 615 g/mol. The van der Waals surface area contributed by atoms with Crippen molar-refractivity contribution in [1.82, 2.24) is 0 Å². The maximum absolute atomic E-state index is 2.45. The molecule has 0 spiro atoms. The van der Waals surface area contributed by atoms with Crippen LogP contribution >= 0.6 is 0 Å². The minimum atomic E-state index is 1.20. The quantitative estimate of drug-likeness (QED) is 0.0413. The van der Waals surface area contributed by atoms with E-state index in [0.29, 0.717) is 0 Å². The van der Waals surface area contributed by atoms with Gasteiger partial charge in [-0.15, -0.1) is 0 Å². The van der Waals surface area contributed by atoms with Gasteiger partial charge in [0.2, 0.25) is 0 Å². The van der Waals surface area contributed by atoms with E-state index in [1.807, 2.05) is 0 Å². The van der Waals surface area contributed by atoms with E-state index in [0.717, 1.165) is 0 Å². The summed E-state index contributed by atoms with van der Waals surface area (Å²) in [5.74, 6) is 0. The zero-order valence-electron chi connectivity index (χ0n) is 29.5. The molecule has 0 aliphatic rings. The van der Waals surface area contributed by atoms with E-state index >= 15 is 0 Å². The molecule has 0 unspecified atom stereocenters. The van der Waals surface area contributed by atoms with E-state index < -0.39 is 0 Å². The summed E-state index contributed by atoms with van der Waals surface area (Å²) in [5.41, 5.74) is 2.98. The molecule has 5 aromatic carbocycles. The molecule has 46 heavy (non-hydrogen) atoms. The van der Waals surface area contributed by atoms with Crippen molar-refractivity contribution in [1.29, 1.82) is 0 Å². The molecular formula is C46H62. The lowest BCUT2D eigenvalue weighted by Gasteiger charge is -2.11. The van der Waals surface area contributed by atoms with Crippen molar-refractivity contribution >= 4 is 43.1 Å². The topological polar surface area (TPSA) is 0 Å². The fourth-order valence-electron chi connectivity index (χ4n) is 7.67. The van der Waals surface area contributed by atoms with Gasteiger partial charge in [-0.1, -0.05) is 190 Å². The molecule has 0 N–H and O–H groups in total. The fourth-order valence-corrected chi connectivity index (χ4v) is 7.67. The maximum Gasteiger partial charge on any atom is -0.00990 e. The normalized spacial score (nSPS) is 11.9. The number of unbranched alkanes of at least 4 members (excludes halogenated alkanes) is 18. The molecule has 0 amide bonds. The highest BCUT2D eigenvalue weighted by Crippen LogP contribution is 2.34. The lowest BCUT2D eigenvalue weighted by Crippen LogP contribution is -1.89. The molecule has 0 aliphatic heterocycles. The van der Waals surface area contributed by atoms with Crippen LogP contribution in [0.25, 0.3) is 43.1 Å². The third-order valence-electron chi connectivity index (χ3n) is 10.6. The van der Waals surface area contributed by atoms with Gasteiger partial charge in [-0.3, -0.25) is 0 Å². The van der Waals surface area contributed by atoms with E-state index in [1.54, 1.807) is 0 Å². The van der Waals surface area contributed by atoms with Crippen LogP contribution in [0, 0.1) is 0 Å². The van der Waals surface area contributed by atoms with Gasteiger partial charge in [0.25, 0.3) is 0 Å². The molecule has 0 bridgehead atoms. The van der Waals surface area contributed by atoms with E-state index in [1.165, 1.54) is 195 Å². The van der Waals surface area contributed by atoms with Crippen molar-refractivity contribution in [3.8, 4) is 0 Å². The molecule has 0 radical (unpaired) electrons. The summed E-state index contributed by atoms with van der Waals surface area (Å²) in [6, 6.07) is 28.7. The van der Waals surface area contributed by atoms with Gasteiger partial charge in [-0.25, -0.2) is 0 Å². The second-order valence-electron chi connectivity index (χ2n) is 14.4. The highest BCUT2D eigenvalue weighted by molar-refractivity contribution is 6.17. The van der Waals surface area contributed by atoms with E-state index in [2.05, 4.69) is 86.6 Å². The molecule has 0 fully saturated rings. The predicted molar refractivity (Wildman–Crippen MR) is 208 cm³/mol. The van der Waals surface area contributed by atoms with Crippen molar-refractivity contribution in [3.63, 3.8) is 0 Å². The van der Waals surface area contributed by atoms with Gasteiger partial charge in [0.1, 0.15) is 0 Å². The van der Waals surface area contributed by atoms with Crippen molar-refractivity contribution in [2.24, 2.45) is 0 Å². The number of aryl methyl sites for hydroxylation is 2. The highest BCUT2D eigenvalue weighted by Gasteiger charge is 2.08. The minimum absolute atomic E-state index is 1.20. The van der Waals surface area contributed by atoms with Crippen molar-refractivity contribution in [2.45, 2.75) is 155 Å². The maximum atomic E-state index is 2.45. The van der Waals surface area contributed by atoms with Gasteiger partial charge >= 0.3 is 0 Å². The van der Waals surface area contributed by atoms with Crippen molar-refractivity contribution in [3.05, 3.63) is 83.9 Å². The van der Waals surface area contributed by atoms with Crippen molar-refractivity contribution in [2.75, 3.05) is 0 Å². The lowest BCUT2D eigenvalue weighted by molar-refractivity contribution is 0.556. The van der Waals surface area contributed by atoms with Crippen LogP contribution in [-0.2, 0) is 12.8 Å². The number of hydrogen-bond donors (Lipinski definition) is 0. The Morgan fingerprint density at radius 3 is 0.935 bits per heavy atom. The van der Waals surface area contributed by atoms with E-state index in [-0.39, 0.29) is 0 Å². The third-order valence-corrected chi connectivity index (χ3v) is 10.6. The van der Waals surface area contributed by atoms with Crippen LogP contribution in [0.2, 0.25) is 0 Å². The van der Waals surface area contributed by atoms with Crippen LogP contribution in [0.1, 0.15) is 153 Å². The molecule has 5 aromatic rings. The first-order valence-electron chi connectivity index (χ1n) is 19.6. The van der Waals surface area contributed by atoms with E-state index in [9.17, 15) is 0 Å². The number of fused-ring (bicyclic) bond motifs is 6. The van der Waals surface area contributed by atoms with Gasteiger partial charge in [0.15, 0.2) is 0 Å². The molecule has 0 heterocycles. The Bertz CT molecular complexity index is 1500. The average Bonchev–Trinajstić information content (AvgIpc) is 3.08. The lowest BCUT2D eigenvalue weighted by atomic mass is 9.93. The summed E-state index contributed by atoms with van der Waals surface area (Å²) < 4.78 is 0. The number of rotatable bonds is 22. The molecule has 0 aliphatic carbocycles. The Morgan fingerprint density at radius 1 is 0.283 bits per heavy atom. The van der Waals surface area contributed by atoms with Gasteiger partial charge < -0.3 is 0 Å². The van der Waals surface area contributed by atoms with Gasteiger partial charge in [0, 0.05) is 0 Å². The largest absolute Gasteiger partial charge is 0.0654 e. The molecular weight excluding hydrogens is 553 g/mol. The molecule has 5 rings (SSSR count). The standard InChI is InChI=1S/C46H62/c1-3-5-7-9-11-13-15-17-19-21-23-37-25-31-43-39(33-37)27-29-41-36-46-42(35-45(41)43)30-28-40-34-38(26-32-44(40)46)24-22-20-18-16-14-12-10-8-6-4-2/h25-36H,3-24H2,1-2H3.